The largest absolute Gasteiger partial charge is 0.380 e. The zero-order chi connectivity index (χ0) is 15.2. The van der Waals surface area contributed by atoms with E-state index in [-0.39, 0.29) is 11.7 Å². The first kappa shape index (κ1) is 15.2. The highest BCUT2D eigenvalue weighted by molar-refractivity contribution is 5.94. The smallest absolute Gasteiger partial charge is 0.251 e. The summed E-state index contributed by atoms with van der Waals surface area (Å²) in [6, 6.07) is 12.2. The first-order chi connectivity index (χ1) is 10.1. The number of halogens is 1. The van der Waals surface area contributed by atoms with E-state index in [0.29, 0.717) is 24.3 Å². The molecule has 4 heteroatoms. The molecule has 21 heavy (non-hydrogen) atoms. The average molecular weight is 287 g/mol. The number of hydrogen-bond acceptors (Lipinski definition) is 2. The number of hydrogen-bond donors (Lipinski definition) is 1. The van der Waals surface area contributed by atoms with Crippen LogP contribution in [0.1, 0.15) is 27.0 Å². The zero-order valence-corrected chi connectivity index (χ0v) is 12.2. The predicted octanol–water partition coefficient (Wildman–Crippen LogP) is 3.21. The third-order valence-corrected chi connectivity index (χ3v) is 3.29. The van der Waals surface area contributed by atoms with Gasteiger partial charge in [-0.3, -0.25) is 4.79 Å². The molecule has 110 valence electrons. The second-order valence-corrected chi connectivity index (χ2v) is 4.85. The van der Waals surface area contributed by atoms with Crippen molar-refractivity contribution < 1.29 is 13.9 Å². The van der Waals surface area contributed by atoms with Gasteiger partial charge in [0, 0.05) is 19.2 Å². The molecule has 0 fully saturated rings. The molecule has 1 amide bonds. The van der Waals surface area contributed by atoms with Crippen molar-refractivity contribution in [2.75, 3.05) is 7.11 Å². The first-order valence-electron chi connectivity index (χ1n) is 6.72. The molecule has 0 spiro atoms. The van der Waals surface area contributed by atoms with Crippen LogP contribution in [0.15, 0.2) is 42.5 Å². The molecule has 0 aliphatic rings. The molecule has 2 rings (SSSR count). The fourth-order valence-corrected chi connectivity index (χ4v) is 2.04. The lowest BCUT2D eigenvalue weighted by atomic mass is 10.1. The summed E-state index contributed by atoms with van der Waals surface area (Å²) < 4.78 is 18.6. The van der Waals surface area contributed by atoms with E-state index in [0.717, 1.165) is 11.1 Å². The van der Waals surface area contributed by atoms with Crippen molar-refractivity contribution in [3.8, 4) is 0 Å². The lowest BCUT2D eigenvalue weighted by molar-refractivity contribution is 0.0950. The Morgan fingerprint density at radius 2 is 1.90 bits per heavy atom. The molecule has 0 saturated heterocycles. The van der Waals surface area contributed by atoms with E-state index < -0.39 is 0 Å². The molecule has 0 saturated carbocycles. The molecule has 0 unspecified atom stereocenters. The predicted molar refractivity (Wildman–Crippen MR) is 79.5 cm³/mol. The highest BCUT2D eigenvalue weighted by Gasteiger charge is 2.09. The highest BCUT2D eigenvalue weighted by atomic mass is 19.1. The number of aryl methyl sites for hydroxylation is 1. The average Bonchev–Trinajstić information content (AvgIpc) is 2.49. The van der Waals surface area contributed by atoms with Crippen LogP contribution in [0, 0.1) is 12.7 Å². The van der Waals surface area contributed by atoms with E-state index in [1.165, 1.54) is 6.07 Å². The lowest BCUT2D eigenvalue weighted by Gasteiger charge is -2.10. The standard InChI is InChI=1S/C17H18FNO2/c1-12-7-8-13(9-16(12)18)17(20)19-10-14-5-3-4-6-15(14)11-21-2/h3-9H,10-11H2,1-2H3,(H,19,20). The Balaban J connectivity index is 2.05. The van der Waals surface area contributed by atoms with E-state index >= 15 is 0 Å². The SMILES string of the molecule is COCc1ccccc1CNC(=O)c1ccc(C)c(F)c1. The Morgan fingerprint density at radius 3 is 2.57 bits per heavy atom. The van der Waals surface area contributed by atoms with Gasteiger partial charge in [0.25, 0.3) is 5.91 Å². The fraction of sp³-hybridized carbons (Fsp3) is 0.235. The van der Waals surface area contributed by atoms with Gasteiger partial charge in [-0.1, -0.05) is 30.3 Å². The molecule has 1 N–H and O–H groups in total. The van der Waals surface area contributed by atoms with E-state index in [1.807, 2.05) is 24.3 Å². The van der Waals surface area contributed by atoms with E-state index in [4.69, 9.17) is 4.74 Å². The maximum Gasteiger partial charge on any atom is 0.251 e. The maximum absolute atomic E-state index is 13.5. The number of carbonyl (C=O) groups is 1. The van der Waals surface area contributed by atoms with Crippen LogP contribution in [-0.2, 0) is 17.9 Å². The second-order valence-electron chi connectivity index (χ2n) is 4.85. The minimum Gasteiger partial charge on any atom is -0.380 e. The van der Waals surface area contributed by atoms with Gasteiger partial charge in [-0.25, -0.2) is 4.39 Å². The summed E-state index contributed by atoms with van der Waals surface area (Å²) in [5.41, 5.74) is 2.86. The lowest BCUT2D eigenvalue weighted by Crippen LogP contribution is -2.23. The molecule has 0 bridgehead atoms. The van der Waals surface area contributed by atoms with Gasteiger partial charge in [0.15, 0.2) is 0 Å². The van der Waals surface area contributed by atoms with Crippen LogP contribution in [-0.4, -0.2) is 13.0 Å². The zero-order valence-electron chi connectivity index (χ0n) is 12.2. The summed E-state index contributed by atoms with van der Waals surface area (Å²) in [4.78, 5) is 12.0. The van der Waals surface area contributed by atoms with Crippen LogP contribution in [0.5, 0.6) is 0 Å². The normalized spacial score (nSPS) is 10.4. The van der Waals surface area contributed by atoms with Crippen LogP contribution in [0.25, 0.3) is 0 Å². The van der Waals surface area contributed by atoms with E-state index in [2.05, 4.69) is 5.32 Å². The molecule has 2 aromatic carbocycles. The van der Waals surface area contributed by atoms with Crippen LogP contribution >= 0.6 is 0 Å². The number of carbonyl (C=O) groups excluding carboxylic acids is 1. The van der Waals surface area contributed by atoms with Crippen molar-refractivity contribution in [2.24, 2.45) is 0 Å². The van der Waals surface area contributed by atoms with Gasteiger partial charge in [0.1, 0.15) is 5.82 Å². The van der Waals surface area contributed by atoms with Crippen molar-refractivity contribution in [1.82, 2.24) is 5.32 Å². The Hall–Kier alpha value is -2.20. The van der Waals surface area contributed by atoms with E-state index in [1.54, 1.807) is 26.2 Å². The number of amides is 1. The molecule has 0 aromatic heterocycles. The summed E-state index contributed by atoms with van der Waals surface area (Å²) in [5, 5.41) is 2.80. The molecule has 0 aliphatic heterocycles. The Kier molecular flexibility index (Phi) is 5.06. The van der Waals surface area contributed by atoms with Crippen LogP contribution in [0.3, 0.4) is 0 Å². The van der Waals surface area contributed by atoms with Gasteiger partial charge >= 0.3 is 0 Å². The molecule has 2 aromatic rings. The molecule has 3 nitrogen and oxygen atoms in total. The third kappa shape index (κ3) is 3.89. The van der Waals surface area contributed by atoms with E-state index in [9.17, 15) is 9.18 Å². The van der Waals surface area contributed by atoms with Crippen molar-refractivity contribution >= 4 is 5.91 Å². The summed E-state index contributed by atoms with van der Waals surface area (Å²) >= 11 is 0. The molecule has 0 radical (unpaired) electrons. The van der Waals surface area contributed by atoms with Crippen molar-refractivity contribution in [3.05, 3.63) is 70.5 Å². The Morgan fingerprint density at radius 1 is 1.19 bits per heavy atom. The minimum absolute atomic E-state index is 0.291. The Bertz CT molecular complexity index is 640. The number of ether oxygens (including phenoxy) is 1. The molecule has 0 aliphatic carbocycles. The quantitative estimate of drug-likeness (QED) is 0.917. The topological polar surface area (TPSA) is 38.3 Å². The van der Waals surface area contributed by atoms with Gasteiger partial charge in [-0.2, -0.15) is 0 Å². The van der Waals surface area contributed by atoms with Crippen LogP contribution in [0.2, 0.25) is 0 Å². The van der Waals surface area contributed by atoms with Gasteiger partial charge in [-0.15, -0.1) is 0 Å². The van der Waals surface area contributed by atoms with Crippen molar-refractivity contribution in [3.63, 3.8) is 0 Å². The highest BCUT2D eigenvalue weighted by Crippen LogP contribution is 2.12. The molecule has 0 atom stereocenters. The summed E-state index contributed by atoms with van der Waals surface area (Å²) in [7, 11) is 1.63. The second kappa shape index (κ2) is 6.99. The molecular weight excluding hydrogens is 269 g/mol. The van der Waals surface area contributed by atoms with Gasteiger partial charge in [0.2, 0.25) is 0 Å². The summed E-state index contributed by atoms with van der Waals surface area (Å²) in [6.07, 6.45) is 0. The van der Waals surface area contributed by atoms with Gasteiger partial charge in [0.05, 0.1) is 6.61 Å². The summed E-state index contributed by atoms with van der Waals surface area (Å²) in [5.74, 6) is -0.663. The van der Waals surface area contributed by atoms with Crippen LogP contribution in [0.4, 0.5) is 4.39 Å². The number of rotatable bonds is 5. The first-order valence-corrected chi connectivity index (χ1v) is 6.72. The fourth-order valence-electron chi connectivity index (χ4n) is 2.04. The number of benzene rings is 2. The van der Waals surface area contributed by atoms with Crippen LogP contribution < -0.4 is 5.32 Å². The third-order valence-electron chi connectivity index (χ3n) is 3.29. The minimum atomic E-state index is -0.373. The monoisotopic (exact) mass is 287 g/mol. The van der Waals surface area contributed by atoms with Crippen molar-refractivity contribution in [2.45, 2.75) is 20.1 Å². The number of nitrogens with one attached hydrogen (secondary N) is 1. The summed E-state index contributed by atoms with van der Waals surface area (Å²) in [6.45, 7) is 2.54. The number of methoxy groups -OCH3 is 1. The van der Waals surface area contributed by atoms with Crippen molar-refractivity contribution in [1.29, 1.82) is 0 Å². The molecule has 0 heterocycles. The van der Waals surface area contributed by atoms with Gasteiger partial charge in [-0.05, 0) is 35.7 Å². The maximum atomic E-state index is 13.5. The Labute approximate surface area is 123 Å². The molecular formula is C17H18FNO2. The van der Waals surface area contributed by atoms with Gasteiger partial charge < -0.3 is 10.1 Å².